The van der Waals surface area contributed by atoms with Gasteiger partial charge in [-0.15, -0.1) is 0 Å². The summed E-state index contributed by atoms with van der Waals surface area (Å²) in [6, 6.07) is 8.53. The molecule has 1 atom stereocenters. The zero-order valence-corrected chi connectivity index (χ0v) is 19.0. The second-order valence-corrected chi connectivity index (χ2v) is 11.3. The van der Waals surface area contributed by atoms with Crippen molar-refractivity contribution in [3.05, 3.63) is 47.3 Å². The summed E-state index contributed by atoms with van der Waals surface area (Å²) in [6.07, 6.45) is 12.8. The molecule has 4 aliphatic carbocycles. The molecule has 31 heavy (non-hydrogen) atoms. The highest BCUT2D eigenvalue weighted by Crippen LogP contribution is 2.61. The van der Waals surface area contributed by atoms with Gasteiger partial charge in [0.25, 0.3) is 0 Å². The van der Waals surface area contributed by atoms with E-state index in [4.69, 9.17) is 8.92 Å². The van der Waals surface area contributed by atoms with Gasteiger partial charge in [-0.05, 0) is 97.8 Å². The van der Waals surface area contributed by atoms with E-state index < -0.39 is 6.10 Å². The first-order valence-corrected chi connectivity index (χ1v) is 12.8. The second-order valence-electron chi connectivity index (χ2n) is 10.5. The molecule has 166 valence electrons. The van der Waals surface area contributed by atoms with Gasteiger partial charge in [0, 0.05) is 30.4 Å². The zero-order chi connectivity index (χ0) is 20.8. The topological polar surface area (TPSA) is 54.5 Å². The summed E-state index contributed by atoms with van der Waals surface area (Å²) >= 11 is 1.33. The SMILES string of the molecule is OC(COSc1cccc2c1OCCC2)Cc1[nH]ccc1C12CC3CC(CC(C3)C1)C2. The van der Waals surface area contributed by atoms with Crippen molar-refractivity contribution in [3.8, 4) is 5.75 Å². The summed E-state index contributed by atoms with van der Waals surface area (Å²) in [5.74, 6) is 3.75. The van der Waals surface area contributed by atoms with Gasteiger partial charge in [0.15, 0.2) is 0 Å². The van der Waals surface area contributed by atoms with Crippen molar-refractivity contribution in [1.29, 1.82) is 0 Å². The highest BCUT2D eigenvalue weighted by molar-refractivity contribution is 7.94. The molecule has 5 heteroatoms. The molecule has 2 N–H and O–H groups in total. The van der Waals surface area contributed by atoms with Gasteiger partial charge in [0.05, 0.1) is 24.2 Å². The summed E-state index contributed by atoms with van der Waals surface area (Å²) < 4.78 is 11.7. The highest BCUT2D eigenvalue weighted by Gasteiger charge is 2.52. The van der Waals surface area contributed by atoms with Crippen LogP contribution < -0.4 is 4.74 Å². The van der Waals surface area contributed by atoms with E-state index in [0.29, 0.717) is 18.4 Å². The normalized spacial score (nSPS) is 32.0. The van der Waals surface area contributed by atoms with Gasteiger partial charge < -0.3 is 19.0 Å². The second kappa shape index (κ2) is 8.17. The van der Waals surface area contributed by atoms with E-state index in [9.17, 15) is 5.11 Å². The lowest BCUT2D eigenvalue weighted by Crippen LogP contribution is -2.48. The number of aliphatic hydroxyl groups excluding tert-OH is 1. The van der Waals surface area contributed by atoms with E-state index in [1.165, 1.54) is 67.4 Å². The molecule has 4 saturated carbocycles. The maximum absolute atomic E-state index is 10.8. The number of benzene rings is 1. The van der Waals surface area contributed by atoms with Gasteiger partial charge in [-0.1, -0.05) is 12.1 Å². The number of rotatable bonds is 7. The van der Waals surface area contributed by atoms with Crippen LogP contribution in [0.2, 0.25) is 0 Å². The largest absolute Gasteiger partial charge is 0.492 e. The van der Waals surface area contributed by atoms with Gasteiger partial charge in [0.2, 0.25) is 0 Å². The lowest BCUT2D eigenvalue weighted by atomic mass is 9.48. The van der Waals surface area contributed by atoms with Crippen molar-refractivity contribution >= 4 is 12.0 Å². The monoisotopic (exact) mass is 439 g/mol. The predicted octanol–water partition coefficient (Wildman–Crippen LogP) is 5.43. The smallest absolute Gasteiger partial charge is 0.138 e. The minimum Gasteiger partial charge on any atom is -0.492 e. The number of ether oxygens (including phenoxy) is 1. The van der Waals surface area contributed by atoms with E-state index in [-0.39, 0.29) is 0 Å². The van der Waals surface area contributed by atoms with E-state index in [1.807, 2.05) is 6.07 Å². The Bertz CT molecular complexity index is 903. The molecule has 0 spiro atoms. The van der Waals surface area contributed by atoms with E-state index in [1.54, 1.807) is 0 Å². The summed E-state index contributed by atoms with van der Waals surface area (Å²) in [7, 11) is 0. The first kappa shape index (κ1) is 20.2. The third-order valence-electron chi connectivity index (χ3n) is 8.19. The molecule has 1 aromatic carbocycles. The fourth-order valence-electron chi connectivity index (χ4n) is 7.41. The molecule has 4 bridgehead atoms. The zero-order valence-electron chi connectivity index (χ0n) is 18.1. The van der Waals surface area contributed by atoms with Crippen LogP contribution in [0, 0.1) is 17.8 Å². The first-order chi connectivity index (χ1) is 15.2. The van der Waals surface area contributed by atoms with Crippen molar-refractivity contribution in [2.45, 2.75) is 74.2 Å². The molecule has 7 rings (SSSR count). The van der Waals surface area contributed by atoms with Crippen molar-refractivity contribution in [2.24, 2.45) is 17.8 Å². The number of fused-ring (bicyclic) bond motifs is 1. The van der Waals surface area contributed by atoms with Crippen LogP contribution in [0.5, 0.6) is 5.75 Å². The number of aromatic nitrogens is 1. The molecule has 0 saturated heterocycles. The number of hydrogen-bond donors (Lipinski definition) is 2. The third-order valence-corrected chi connectivity index (χ3v) is 8.94. The Labute approximate surface area is 189 Å². The van der Waals surface area contributed by atoms with Crippen LogP contribution in [0.25, 0.3) is 0 Å². The Balaban J connectivity index is 1.09. The fraction of sp³-hybridized carbons (Fsp3) is 0.615. The summed E-state index contributed by atoms with van der Waals surface area (Å²) in [6.45, 7) is 1.08. The lowest BCUT2D eigenvalue weighted by molar-refractivity contribution is -0.00581. The maximum Gasteiger partial charge on any atom is 0.138 e. The number of H-pyrrole nitrogens is 1. The number of para-hydroxylation sites is 1. The Kier molecular flexibility index (Phi) is 5.32. The molecular formula is C26H33NO3S. The summed E-state index contributed by atoms with van der Waals surface area (Å²) in [5.41, 5.74) is 4.33. The molecule has 2 aromatic rings. The van der Waals surface area contributed by atoms with Crippen molar-refractivity contribution in [2.75, 3.05) is 13.2 Å². The minimum atomic E-state index is -0.515. The minimum absolute atomic E-state index is 0.313. The summed E-state index contributed by atoms with van der Waals surface area (Å²) in [4.78, 5) is 4.48. The van der Waals surface area contributed by atoms with Crippen LogP contribution in [-0.2, 0) is 22.4 Å². The maximum atomic E-state index is 10.8. The average molecular weight is 440 g/mol. The van der Waals surface area contributed by atoms with E-state index in [2.05, 4.69) is 29.4 Å². The quantitative estimate of drug-likeness (QED) is 0.565. The third kappa shape index (κ3) is 3.83. The van der Waals surface area contributed by atoms with Crippen molar-refractivity contribution < 1.29 is 14.0 Å². The van der Waals surface area contributed by atoms with Crippen LogP contribution in [-0.4, -0.2) is 29.4 Å². The molecule has 1 aromatic heterocycles. The van der Waals surface area contributed by atoms with Crippen LogP contribution >= 0.6 is 12.0 Å². The number of aromatic amines is 1. The number of aryl methyl sites for hydroxylation is 1. The molecule has 4 nitrogen and oxygen atoms in total. The molecule has 0 amide bonds. The number of hydrogen-bond acceptors (Lipinski definition) is 4. The van der Waals surface area contributed by atoms with Crippen LogP contribution in [0.1, 0.15) is 61.8 Å². The Hall–Kier alpha value is -1.43. The summed E-state index contributed by atoms with van der Waals surface area (Å²) in [5, 5.41) is 10.8. The lowest BCUT2D eigenvalue weighted by Gasteiger charge is -2.57. The van der Waals surface area contributed by atoms with Crippen LogP contribution in [0.4, 0.5) is 0 Å². The van der Waals surface area contributed by atoms with Gasteiger partial charge in [-0.2, -0.15) is 0 Å². The van der Waals surface area contributed by atoms with Crippen LogP contribution in [0.3, 0.4) is 0 Å². The van der Waals surface area contributed by atoms with Crippen LogP contribution in [0.15, 0.2) is 35.4 Å². The Morgan fingerprint density at radius 3 is 2.68 bits per heavy atom. The van der Waals surface area contributed by atoms with E-state index >= 15 is 0 Å². The van der Waals surface area contributed by atoms with Gasteiger partial charge in [-0.3, -0.25) is 0 Å². The fourth-order valence-corrected chi connectivity index (χ4v) is 8.16. The van der Waals surface area contributed by atoms with Gasteiger partial charge >= 0.3 is 0 Å². The Morgan fingerprint density at radius 1 is 1.13 bits per heavy atom. The van der Waals surface area contributed by atoms with Crippen molar-refractivity contribution in [1.82, 2.24) is 4.98 Å². The molecule has 5 aliphatic rings. The molecular weight excluding hydrogens is 406 g/mol. The standard InChI is InChI=1S/C26H33NO3S/c28-21(16-30-31-24-5-1-3-20-4-2-8-29-25(20)24)12-23-22(6-7-27-23)26-13-17-9-18(14-26)11-19(10-17)15-26/h1,3,5-7,17-19,21,27-28H,2,4,8-16H2. The van der Waals surface area contributed by atoms with Gasteiger partial charge in [0.1, 0.15) is 5.75 Å². The molecule has 1 unspecified atom stereocenters. The molecule has 4 fully saturated rings. The Morgan fingerprint density at radius 2 is 1.90 bits per heavy atom. The molecule has 0 radical (unpaired) electrons. The first-order valence-electron chi connectivity index (χ1n) is 12.1. The van der Waals surface area contributed by atoms with Crippen molar-refractivity contribution in [3.63, 3.8) is 0 Å². The molecule has 2 heterocycles. The van der Waals surface area contributed by atoms with E-state index in [0.717, 1.165) is 47.8 Å². The predicted molar refractivity (Wildman–Crippen MR) is 122 cm³/mol. The van der Waals surface area contributed by atoms with Gasteiger partial charge in [-0.25, -0.2) is 0 Å². The number of nitrogens with one attached hydrogen (secondary N) is 1. The molecule has 1 aliphatic heterocycles. The average Bonchev–Trinajstić information content (AvgIpc) is 3.22. The highest BCUT2D eigenvalue weighted by atomic mass is 32.2. The number of aliphatic hydroxyl groups is 1.